The zero-order chi connectivity index (χ0) is 63.6. The molecule has 94 heavy (non-hydrogen) atoms. The van der Waals surface area contributed by atoms with Gasteiger partial charge in [-0.1, -0.05) is 188 Å². The first-order chi connectivity index (χ1) is 45.9. The fourth-order valence-corrected chi connectivity index (χ4v) is 16.8. The number of hydrogen-bond donors (Lipinski definition) is 1. The molecule has 6 unspecified atom stereocenters. The minimum Gasteiger partial charge on any atom is -0.356 e. The summed E-state index contributed by atoms with van der Waals surface area (Å²) in [6, 6.07) is 107. The number of aryl methyl sites for hydroxylation is 4. The van der Waals surface area contributed by atoms with Crippen molar-refractivity contribution < 1.29 is 0 Å². The first-order valence-electron chi connectivity index (χ1n) is 34.2. The number of nitrogens with one attached hydrogen (secondary N) is 1. The van der Waals surface area contributed by atoms with Crippen molar-refractivity contribution in [2.75, 3.05) is 20.0 Å². The van der Waals surface area contributed by atoms with Crippen LogP contribution in [-0.2, 0) is 11.8 Å². The van der Waals surface area contributed by atoms with E-state index in [0.29, 0.717) is 35.5 Å². The van der Waals surface area contributed by atoms with Crippen molar-refractivity contribution in [3.63, 3.8) is 0 Å². The van der Waals surface area contributed by atoms with Gasteiger partial charge < -0.3 is 20.0 Å². The average Bonchev–Trinajstić information content (AvgIpc) is 1.54. The molecule has 0 heterocycles. The van der Waals surface area contributed by atoms with Crippen molar-refractivity contribution in [3.05, 3.63) is 341 Å². The molecule has 12 aromatic rings. The summed E-state index contributed by atoms with van der Waals surface area (Å²) in [5.74, 6) is 3.52. The fraction of sp³-hybridized carbons (Fsp3) is 0.200. The van der Waals surface area contributed by atoms with Crippen LogP contribution in [0, 0.1) is 39.5 Å². The molecule has 462 valence electrons. The third kappa shape index (κ3) is 11.2. The molecule has 16 rings (SSSR count). The molecule has 4 heteroatoms. The quantitative estimate of drug-likeness (QED) is 0.110. The lowest BCUT2D eigenvalue weighted by Crippen LogP contribution is -2.39. The monoisotopic (exact) mass is 1220 g/mol. The molecule has 2 saturated carbocycles. The van der Waals surface area contributed by atoms with Crippen molar-refractivity contribution >= 4 is 62.6 Å². The normalized spacial score (nSPS) is 18.8. The average molecular weight is 1220 g/mol. The number of benzene rings is 12. The lowest BCUT2D eigenvalue weighted by Gasteiger charge is -2.47. The Morgan fingerprint density at radius 1 is 0.330 bits per heavy atom. The van der Waals surface area contributed by atoms with Crippen molar-refractivity contribution in [1.82, 2.24) is 0 Å². The molecule has 0 radical (unpaired) electrons. The third-order valence-electron chi connectivity index (χ3n) is 21.8. The predicted molar refractivity (Wildman–Crippen MR) is 396 cm³/mol. The molecule has 12 aromatic carbocycles. The first-order valence-corrected chi connectivity index (χ1v) is 34.2. The van der Waals surface area contributed by atoms with E-state index < -0.39 is 0 Å². The Hall–Kier alpha value is -10.2. The number of hydrogen-bond acceptors (Lipinski definition) is 4. The second-order valence-electron chi connectivity index (χ2n) is 28.2. The number of anilines is 11. The van der Waals surface area contributed by atoms with Crippen LogP contribution in [0.4, 0.5) is 62.6 Å². The van der Waals surface area contributed by atoms with E-state index in [0.717, 1.165) is 56.9 Å². The lowest BCUT2D eigenvalue weighted by atomic mass is 9.56. The smallest absolute Gasteiger partial charge is 0.0463 e. The van der Waals surface area contributed by atoms with E-state index in [1.165, 1.54) is 105 Å². The molecule has 0 amide bonds. The zero-order valence-corrected chi connectivity index (χ0v) is 55.0. The zero-order valence-electron chi connectivity index (χ0n) is 55.0. The molecule has 2 fully saturated rings. The molecule has 0 aromatic heterocycles. The molecule has 6 atom stereocenters. The molecule has 4 nitrogen and oxygen atoms in total. The van der Waals surface area contributed by atoms with Gasteiger partial charge in [-0.2, -0.15) is 0 Å². The molecular weight excluding hydrogens is 1140 g/mol. The van der Waals surface area contributed by atoms with E-state index in [1.54, 1.807) is 11.1 Å². The Morgan fingerprint density at radius 3 is 1.21 bits per heavy atom. The van der Waals surface area contributed by atoms with Crippen LogP contribution in [0.3, 0.4) is 0 Å². The Balaban J connectivity index is 0.623. The van der Waals surface area contributed by atoms with Gasteiger partial charge in [0, 0.05) is 62.6 Å². The van der Waals surface area contributed by atoms with Gasteiger partial charge in [0.05, 0.1) is 0 Å². The highest BCUT2D eigenvalue weighted by Gasteiger charge is 2.56. The van der Waals surface area contributed by atoms with E-state index in [4.69, 9.17) is 0 Å². The van der Waals surface area contributed by atoms with Gasteiger partial charge in [0.25, 0.3) is 0 Å². The summed E-state index contributed by atoms with van der Waals surface area (Å²) in [4.78, 5) is 7.20. The summed E-state index contributed by atoms with van der Waals surface area (Å²) >= 11 is 0. The SMILES string of the molecule is Cc1ccc(Nc2ccc(N(c3ccc(C)cc3)c3ccc(-c4ccc5c(c4)C(C)(C)C4C(c6ccc(N(c7ccc(C)cc7)c7ccc(N(c8ccc(C)cc8)c8ccc(C9CCC%10c%11ccc(-c%12ccccc%12)cc%11CC%10C9)cc8)cc7)cc6)CC54)cc3)cc2)cc1. The molecule has 0 spiro atoms. The maximum absolute atomic E-state index is 3.57. The molecule has 0 bridgehead atoms. The van der Waals surface area contributed by atoms with Crippen molar-refractivity contribution in [2.45, 2.75) is 103 Å². The molecule has 1 N–H and O–H groups in total. The Morgan fingerprint density at radius 2 is 0.713 bits per heavy atom. The van der Waals surface area contributed by atoms with E-state index in [9.17, 15) is 0 Å². The third-order valence-corrected chi connectivity index (χ3v) is 21.8. The Kier molecular flexibility index (Phi) is 15.3. The van der Waals surface area contributed by atoms with Gasteiger partial charge in [-0.3, -0.25) is 0 Å². The highest BCUT2D eigenvalue weighted by Crippen LogP contribution is 2.67. The first kappa shape index (κ1) is 58.9. The standard InChI is InChI=1S/C90H82N4/c1-59-12-29-72(30-13-59)91-73-31-45-80(46-32-73)92(74-33-14-60(2)15-34-74)77-41-22-65(23-42-77)69-28-53-85-87-58-86(89(87)90(5,6)88(85)57-69)66-24-43-79(44-25-66)94(76-37-18-62(4)19-38-76)82-49-47-81(48-50-82)93(75-35-16-61(3)17-36-75)78-39-20-64(21-40-78)68-27-52-84-71(55-68)56-70-54-67(26-51-83(70)84)63-10-8-7-9-11-63/h7-26,28-51,53-54,57,68,71,84,86-87,89,91H,27,52,55-56,58H2,1-6H3. The van der Waals surface area contributed by atoms with Gasteiger partial charge in [0.1, 0.15) is 0 Å². The van der Waals surface area contributed by atoms with Crippen LogP contribution in [0.1, 0.15) is 119 Å². The van der Waals surface area contributed by atoms with Crippen molar-refractivity contribution in [1.29, 1.82) is 0 Å². The van der Waals surface area contributed by atoms with Crippen LogP contribution in [-0.4, -0.2) is 0 Å². The van der Waals surface area contributed by atoms with Crippen molar-refractivity contribution in [2.24, 2.45) is 11.8 Å². The fourth-order valence-electron chi connectivity index (χ4n) is 16.8. The maximum Gasteiger partial charge on any atom is 0.0463 e. The minimum atomic E-state index is 0.0153. The Bertz CT molecular complexity index is 4650. The maximum atomic E-state index is 3.57. The number of fused-ring (bicyclic) bond motifs is 6. The van der Waals surface area contributed by atoms with Crippen molar-refractivity contribution in [3.8, 4) is 22.3 Å². The van der Waals surface area contributed by atoms with Gasteiger partial charge in [-0.05, 0) is 290 Å². The highest BCUT2D eigenvalue weighted by molar-refractivity contribution is 5.83. The summed E-state index contributed by atoms with van der Waals surface area (Å²) in [7, 11) is 0. The van der Waals surface area contributed by atoms with Crippen LogP contribution in [0.15, 0.2) is 285 Å². The van der Waals surface area contributed by atoms with E-state index in [1.807, 2.05) is 0 Å². The van der Waals surface area contributed by atoms with Gasteiger partial charge in [-0.15, -0.1) is 0 Å². The van der Waals surface area contributed by atoms with E-state index in [2.05, 4.69) is 347 Å². The Labute approximate surface area is 556 Å². The molecule has 0 aliphatic heterocycles. The molecule has 0 saturated heterocycles. The summed E-state index contributed by atoms with van der Waals surface area (Å²) in [6.45, 7) is 13.6. The van der Waals surface area contributed by atoms with E-state index in [-0.39, 0.29) is 5.41 Å². The molecule has 4 aliphatic rings. The minimum absolute atomic E-state index is 0.0153. The predicted octanol–water partition coefficient (Wildman–Crippen LogP) is 24.8. The van der Waals surface area contributed by atoms with Gasteiger partial charge in [0.15, 0.2) is 0 Å². The highest BCUT2D eigenvalue weighted by atomic mass is 15.2. The van der Waals surface area contributed by atoms with Crippen LogP contribution >= 0.6 is 0 Å². The largest absolute Gasteiger partial charge is 0.356 e. The summed E-state index contributed by atoms with van der Waals surface area (Å²) in [6.07, 6.45) is 6.11. The summed E-state index contributed by atoms with van der Waals surface area (Å²) in [5.41, 5.74) is 31.7. The van der Waals surface area contributed by atoms with Gasteiger partial charge in [0.2, 0.25) is 0 Å². The van der Waals surface area contributed by atoms with E-state index >= 15 is 0 Å². The van der Waals surface area contributed by atoms with Crippen LogP contribution in [0.5, 0.6) is 0 Å². The lowest BCUT2D eigenvalue weighted by molar-refractivity contribution is 0.143. The van der Waals surface area contributed by atoms with Crippen LogP contribution in [0.25, 0.3) is 22.3 Å². The summed E-state index contributed by atoms with van der Waals surface area (Å²) in [5, 5.41) is 3.57. The number of rotatable bonds is 15. The van der Waals surface area contributed by atoms with Crippen LogP contribution in [0.2, 0.25) is 0 Å². The van der Waals surface area contributed by atoms with Gasteiger partial charge >= 0.3 is 0 Å². The second kappa shape index (κ2) is 24.4. The number of nitrogens with zero attached hydrogens (tertiary/aromatic N) is 3. The molecular formula is C90H82N4. The molecule has 4 aliphatic carbocycles. The second-order valence-corrected chi connectivity index (χ2v) is 28.2. The summed E-state index contributed by atoms with van der Waals surface area (Å²) < 4.78 is 0. The topological polar surface area (TPSA) is 21.8 Å². The van der Waals surface area contributed by atoms with Gasteiger partial charge in [-0.25, -0.2) is 0 Å². The van der Waals surface area contributed by atoms with Crippen LogP contribution < -0.4 is 20.0 Å².